The van der Waals surface area contributed by atoms with Gasteiger partial charge in [0.1, 0.15) is 0 Å². The number of carbonyl (C=O) groups excluding carboxylic acids is 4. The van der Waals surface area contributed by atoms with Crippen LogP contribution in [-0.4, -0.2) is 30.2 Å². The first-order valence-corrected chi connectivity index (χ1v) is 11.1. The van der Waals surface area contributed by atoms with Gasteiger partial charge in [0.2, 0.25) is 11.8 Å². The lowest BCUT2D eigenvalue weighted by atomic mass is 9.76. The van der Waals surface area contributed by atoms with Crippen LogP contribution in [0.25, 0.3) is 0 Å². The molecule has 2 amide bonds. The number of fused-ring (bicyclic) bond motifs is 1. The maximum absolute atomic E-state index is 12.8. The molecule has 0 N–H and O–H groups in total. The summed E-state index contributed by atoms with van der Waals surface area (Å²) in [5.74, 6) is -1.30. The number of imide groups is 1. The lowest BCUT2D eigenvalue weighted by Crippen LogP contribution is -2.30. The Morgan fingerprint density at radius 2 is 1.55 bits per heavy atom. The summed E-state index contributed by atoms with van der Waals surface area (Å²) in [5.41, 5.74) is 1.16. The van der Waals surface area contributed by atoms with Crippen molar-refractivity contribution >= 4 is 45.2 Å². The summed E-state index contributed by atoms with van der Waals surface area (Å²) in [6.07, 6.45) is 2.43. The number of hydrogen-bond acceptors (Lipinski definition) is 5. The molecule has 1 aliphatic carbocycles. The van der Waals surface area contributed by atoms with Crippen LogP contribution in [0.3, 0.4) is 0 Å². The molecule has 4 rings (SSSR count). The number of Topliss-reactive ketones (excluding diaryl/α,β-unsaturated/α-hetero) is 1. The summed E-state index contributed by atoms with van der Waals surface area (Å²) in [6, 6.07) is 12.9. The van der Waals surface area contributed by atoms with Gasteiger partial charge in [0.25, 0.3) is 0 Å². The number of ether oxygens (including phenoxy) is 1. The summed E-state index contributed by atoms with van der Waals surface area (Å²) in [7, 11) is 0. The minimum atomic E-state index is -0.640. The van der Waals surface area contributed by atoms with Crippen molar-refractivity contribution in [2.75, 3.05) is 11.5 Å². The van der Waals surface area contributed by atoms with Crippen LogP contribution >= 0.6 is 15.9 Å². The predicted octanol–water partition coefficient (Wildman–Crippen LogP) is 4.41. The zero-order valence-corrected chi connectivity index (χ0v) is 18.6. The number of anilines is 1. The van der Waals surface area contributed by atoms with Crippen LogP contribution < -0.4 is 4.90 Å². The first-order valence-electron chi connectivity index (χ1n) is 10.3. The quantitative estimate of drug-likeness (QED) is 0.357. The Labute approximate surface area is 188 Å². The molecule has 0 unspecified atom stereocenters. The Morgan fingerprint density at radius 1 is 0.935 bits per heavy atom. The molecule has 7 heteroatoms. The molecule has 160 valence electrons. The molecule has 3 atom stereocenters. The van der Waals surface area contributed by atoms with E-state index in [4.69, 9.17) is 4.74 Å². The van der Waals surface area contributed by atoms with Crippen LogP contribution in [0, 0.1) is 17.8 Å². The number of rotatable bonds is 5. The van der Waals surface area contributed by atoms with Gasteiger partial charge >= 0.3 is 5.97 Å². The number of nitrogens with zero attached hydrogens (tertiary/aromatic N) is 1. The third-order valence-corrected chi connectivity index (χ3v) is 6.58. The number of benzene rings is 2. The SMILES string of the molecule is C[C@H]1CC[C@H]2C(=O)N(c3ccc(C(=O)OCC(=O)c4ccc(Br)cc4)cc3)C(=O)[C@@H]2C1. The van der Waals surface area contributed by atoms with Crippen molar-refractivity contribution in [2.45, 2.75) is 26.2 Å². The summed E-state index contributed by atoms with van der Waals surface area (Å²) >= 11 is 3.30. The fourth-order valence-electron chi connectivity index (χ4n) is 4.32. The monoisotopic (exact) mass is 483 g/mol. The highest BCUT2D eigenvalue weighted by Gasteiger charge is 2.49. The van der Waals surface area contributed by atoms with Crippen molar-refractivity contribution in [1.29, 1.82) is 0 Å². The van der Waals surface area contributed by atoms with E-state index in [1.807, 2.05) is 0 Å². The average molecular weight is 484 g/mol. The molecule has 6 nitrogen and oxygen atoms in total. The fraction of sp³-hybridized carbons (Fsp3) is 0.333. The molecule has 2 aromatic rings. The number of hydrogen-bond donors (Lipinski definition) is 0. The van der Waals surface area contributed by atoms with Gasteiger partial charge in [0.15, 0.2) is 12.4 Å². The summed E-state index contributed by atoms with van der Waals surface area (Å²) in [6.45, 7) is 1.74. The molecule has 1 heterocycles. The zero-order chi connectivity index (χ0) is 22.1. The Bertz CT molecular complexity index is 1030. The van der Waals surface area contributed by atoms with Crippen molar-refractivity contribution in [1.82, 2.24) is 0 Å². The Hall–Kier alpha value is -2.80. The van der Waals surface area contributed by atoms with E-state index < -0.39 is 5.97 Å². The van der Waals surface area contributed by atoms with E-state index in [2.05, 4.69) is 22.9 Å². The molecule has 0 spiro atoms. The maximum Gasteiger partial charge on any atom is 0.338 e. The van der Waals surface area contributed by atoms with E-state index in [1.165, 1.54) is 17.0 Å². The molecule has 31 heavy (non-hydrogen) atoms. The number of amides is 2. The van der Waals surface area contributed by atoms with Crippen molar-refractivity contribution in [3.8, 4) is 0 Å². The van der Waals surface area contributed by atoms with Gasteiger partial charge in [-0.3, -0.25) is 19.3 Å². The van der Waals surface area contributed by atoms with E-state index in [0.29, 0.717) is 17.2 Å². The third kappa shape index (κ3) is 4.32. The first-order chi connectivity index (χ1) is 14.8. The molecule has 1 saturated carbocycles. The molecule has 2 aliphatic rings. The molecule has 0 bridgehead atoms. The van der Waals surface area contributed by atoms with E-state index in [9.17, 15) is 19.2 Å². The van der Waals surface area contributed by atoms with Gasteiger partial charge < -0.3 is 4.74 Å². The Balaban J connectivity index is 1.40. The number of halogens is 1. The molecular weight excluding hydrogens is 462 g/mol. The first kappa shape index (κ1) is 21.4. The number of esters is 1. The lowest BCUT2D eigenvalue weighted by Gasteiger charge is -2.25. The van der Waals surface area contributed by atoms with Crippen LogP contribution in [0.5, 0.6) is 0 Å². The number of carbonyl (C=O) groups is 4. The average Bonchev–Trinajstić information content (AvgIpc) is 3.02. The smallest absolute Gasteiger partial charge is 0.338 e. The second-order valence-electron chi connectivity index (χ2n) is 8.20. The fourth-order valence-corrected chi connectivity index (χ4v) is 4.59. The molecule has 0 radical (unpaired) electrons. The molecule has 0 aromatic heterocycles. The van der Waals surface area contributed by atoms with Gasteiger partial charge in [-0.1, -0.05) is 35.0 Å². The highest BCUT2D eigenvalue weighted by atomic mass is 79.9. The van der Waals surface area contributed by atoms with Crippen LogP contribution in [-0.2, 0) is 14.3 Å². The van der Waals surface area contributed by atoms with Crippen LogP contribution in [0.2, 0.25) is 0 Å². The van der Waals surface area contributed by atoms with Gasteiger partial charge in [-0.25, -0.2) is 4.79 Å². The molecular formula is C24H22BrNO5. The second kappa shape index (κ2) is 8.75. The molecule has 1 saturated heterocycles. The molecule has 2 aromatic carbocycles. The highest BCUT2D eigenvalue weighted by molar-refractivity contribution is 9.10. The highest BCUT2D eigenvalue weighted by Crippen LogP contribution is 2.42. The van der Waals surface area contributed by atoms with Gasteiger partial charge in [-0.05, 0) is 61.6 Å². The van der Waals surface area contributed by atoms with Crippen LogP contribution in [0.4, 0.5) is 5.69 Å². The lowest BCUT2D eigenvalue weighted by molar-refractivity contribution is -0.122. The zero-order valence-electron chi connectivity index (χ0n) is 17.0. The minimum Gasteiger partial charge on any atom is -0.454 e. The molecule has 1 aliphatic heterocycles. The normalized spacial score (nSPS) is 22.9. The maximum atomic E-state index is 12.8. The van der Waals surface area contributed by atoms with E-state index in [0.717, 1.165) is 23.7 Å². The largest absolute Gasteiger partial charge is 0.454 e. The van der Waals surface area contributed by atoms with Gasteiger partial charge in [0.05, 0.1) is 23.1 Å². The van der Waals surface area contributed by atoms with E-state index >= 15 is 0 Å². The van der Waals surface area contributed by atoms with Crippen molar-refractivity contribution < 1.29 is 23.9 Å². The third-order valence-electron chi connectivity index (χ3n) is 6.05. The standard InChI is InChI=1S/C24H22BrNO5/c1-14-2-11-19-20(12-14)23(29)26(22(19)28)18-9-5-16(6-10-18)24(30)31-13-21(27)15-3-7-17(25)8-4-15/h3-10,14,19-20H,2,11-13H2,1H3/t14-,19+,20+/m0/s1. The molecule has 2 fully saturated rings. The Kier molecular flexibility index (Phi) is 6.05. The topological polar surface area (TPSA) is 80.8 Å². The van der Waals surface area contributed by atoms with Gasteiger partial charge in [-0.15, -0.1) is 0 Å². The van der Waals surface area contributed by atoms with Gasteiger partial charge in [-0.2, -0.15) is 0 Å². The second-order valence-corrected chi connectivity index (χ2v) is 9.11. The van der Waals surface area contributed by atoms with Crippen molar-refractivity contribution in [3.63, 3.8) is 0 Å². The van der Waals surface area contributed by atoms with Crippen molar-refractivity contribution in [3.05, 3.63) is 64.1 Å². The Morgan fingerprint density at radius 3 is 2.23 bits per heavy atom. The summed E-state index contributed by atoms with van der Waals surface area (Å²) in [5, 5.41) is 0. The van der Waals surface area contributed by atoms with Crippen LogP contribution in [0.15, 0.2) is 53.0 Å². The van der Waals surface area contributed by atoms with E-state index in [-0.39, 0.29) is 41.6 Å². The number of ketones is 1. The van der Waals surface area contributed by atoms with Gasteiger partial charge in [0, 0.05) is 10.0 Å². The predicted molar refractivity (Wildman–Crippen MR) is 118 cm³/mol. The van der Waals surface area contributed by atoms with Crippen LogP contribution in [0.1, 0.15) is 46.9 Å². The van der Waals surface area contributed by atoms with E-state index in [1.54, 1.807) is 36.4 Å². The minimum absolute atomic E-state index is 0.155. The summed E-state index contributed by atoms with van der Waals surface area (Å²) in [4.78, 5) is 51.3. The summed E-state index contributed by atoms with van der Waals surface area (Å²) < 4.78 is 5.98. The van der Waals surface area contributed by atoms with Crippen molar-refractivity contribution in [2.24, 2.45) is 17.8 Å².